The van der Waals surface area contributed by atoms with Crippen LogP contribution in [-0.4, -0.2) is 50.2 Å². The molecule has 4 fully saturated rings. The van der Waals surface area contributed by atoms with Crippen LogP contribution in [0.2, 0.25) is 5.02 Å². The van der Waals surface area contributed by atoms with E-state index in [-0.39, 0.29) is 29.1 Å². The second-order valence-corrected chi connectivity index (χ2v) is 13.6. The van der Waals surface area contributed by atoms with E-state index in [1.807, 2.05) is 14.0 Å². The van der Waals surface area contributed by atoms with Gasteiger partial charge in [0, 0.05) is 25.8 Å². The molecule has 202 valence electrons. The van der Waals surface area contributed by atoms with E-state index in [2.05, 4.69) is 22.2 Å². The number of carbonyl (C=O) groups excluding carboxylic acids is 1. The van der Waals surface area contributed by atoms with Crippen molar-refractivity contribution in [3.63, 3.8) is 0 Å². The van der Waals surface area contributed by atoms with E-state index in [1.54, 1.807) is 16.9 Å². The molecule has 4 aliphatic rings. The van der Waals surface area contributed by atoms with E-state index in [4.69, 9.17) is 16.3 Å². The van der Waals surface area contributed by atoms with Gasteiger partial charge in [0.2, 0.25) is 5.65 Å². The van der Waals surface area contributed by atoms with Gasteiger partial charge in [0.05, 0.1) is 10.6 Å². The first kappa shape index (κ1) is 25.7. The Bertz CT molecular complexity index is 1180. The lowest BCUT2D eigenvalue weighted by atomic mass is 9.42. The molecule has 37 heavy (non-hydrogen) atoms. The molecule has 0 aromatic carbocycles. The van der Waals surface area contributed by atoms with Crippen molar-refractivity contribution in [1.82, 2.24) is 20.0 Å². The number of pyridine rings is 1. The van der Waals surface area contributed by atoms with Crippen LogP contribution in [0.25, 0.3) is 11.2 Å². The lowest BCUT2D eigenvalue weighted by Gasteiger charge is -2.63. The average Bonchev–Trinajstić information content (AvgIpc) is 3.42. The summed E-state index contributed by atoms with van der Waals surface area (Å²) in [5.41, 5.74) is 1.03. The van der Waals surface area contributed by atoms with Crippen molar-refractivity contribution >= 4 is 28.5 Å². The highest BCUT2D eigenvalue weighted by atomic mass is 35.5. The third-order valence-electron chi connectivity index (χ3n) is 11.5. The normalized spacial score (nSPS) is 41.3. The van der Waals surface area contributed by atoms with Crippen molar-refractivity contribution in [3.05, 3.63) is 17.3 Å². The monoisotopic (exact) mass is 528 g/mol. The maximum absolute atomic E-state index is 13.8. The number of aliphatic hydroxyl groups is 1. The van der Waals surface area contributed by atoms with E-state index >= 15 is 0 Å². The Balaban J connectivity index is 1.24. The van der Waals surface area contributed by atoms with E-state index < -0.39 is 5.60 Å². The maximum atomic E-state index is 13.8. The fraction of sp³-hybridized carbons (Fsp3) is 0.793. The van der Waals surface area contributed by atoms with Crippen molar-refractivity contribution in [1.29, 1.82) is 0 Å². The molecule has 0 aliphatic heterocycles. The van der Waals surface area contributed by atoms with Crippen LogP contribution < -0.4 is 0 Å². The van der Waals surface area contributed by atoms with Crippen LogP contribution >= 0.6 is 11.6 Å². The van der Waals surface area contributed by atoms with Gasteiger partial charge in [-0.05, 0) is 112 Å². The SMILES string of the molecule is COCC[C@]12CC[C@@](C)(O)C[C@@H]1CC[C@H]1[C@@H]3CC[C@H](C(=O)Cn4nnc5ncc(Cl)cc54)[C@@]3(C)CC[C@@H]12. The fourth-order valence-electron chi connectivity index (χ4n) is 9.76. The van der Waals surface area contributed by atoms with Gasteiger partial charge in [-0.25, -0.2) is 9.67 Å². The molecule has 6 rings (SSSR count). The van der Waals surface area contributed by atoms with Crippen molar-refractivity contribution in [2.45, 2.75) is 90.2 Å². The second-order valence-electron chi connectivity index (χ2n) is 13.2. The van der Waals surface area contributed by atoms with Crippen molar-refractivity contribution in [3.8, 4) is 0 Å². The number of Topliss-reactive ketones (excluding diaryl/α,β-unsaturated/α-hetero) is 1. The minimum absolute atomic E-state index is 0.0416. The Morgan fingerprint density at radius 1 is 1.16 bits per heavy atom. The van der Waals surface area contributed by atoms with E-state index in [0.717, 1.165) is 57.1 Å². The highest BCUT2D eigenvalue weighted by molar-refractivity contribution is 6.31. The third-order valence-corrected chi connectivity index (χ3v) is 11.7. The fourth-order valence-corrected chi connectivity index (χ4v) is 9.91. The zero-order valence-corrected chi connectivity index (χ0v) is 23.2. The molecule has 0 radical (unpaired) electrons. The van der Waals surface area contributed by atoms with Crippen LogP contribution in [0.15, 0.2) is 12.3 Å². The molecule has 2 heterocycles. The minimum atomic E-state index is -0.534. The Morgan fingerprint density at radius 2 is 2.00 bits per heavy atom. The number of ketones is 1. The molecule has 0 saturated heterocycles. The van der Waals surface area contributed by atoms with Crippen LogP contribution in [-0.2, 0) is 16.1 Å². The van der Waals surface area contributed by atoms with Gasteiger partial charge in [-0.3, -0.25) is 4.79 Å². The number of nitrogens with zero attached hydrogens (tertiary/aromatic N) is 4. The summed E-state index contributed by atoms with van der Waals surface area (Å²) in [6.45, 7) is 5.47. The molecule has 2 aromatic rings. The quantitative estimate of drug-likeness (QED) is 0.534. The minimum Gasteiger partial charge on any atom is -0.390 e. The van der Waals surface area contributed by atoms with Crippen molar-refractivity contribution < 1.29 is 14.6 Å². The van der Waals surface area contributed by atoms with Crippen molar-refractivity contribution in [2.24, 2.45) is 40.4 Å². The number of aromatic nitrogens is 4. The second kappa shape index (κ2) is 9.27. The van der Waals surface area contributed by atoms with Crippen molar-refractivity contribution in [2.75, 3.05) is 13.7 Å². The number of halogens is 1. The first-order valence-electron chi connectivity index (χ1n) is 14.3. The molecule has 2 aromatic heterocycles. The first-order valence-corrected chi connectivity index (χ1v) is 14.6. The number of fused-ring (bicyclic) bond motifs is 6. The number of rotatable bonds is 6. The first-order chi connectivity index (χ1) is 17.7. The summed E-state index contributed by atoms with van der Waals surface area (Å²) >= 11 is 6.16. The summed E-state index contributed by atoms with van der Waals surface area (Å²) in [4.78, 5) is 18.0. The summed E-state index contributed by atoms with van der Waals surface area (Å²) < 4.78 is 7.31. The summed E-state index contributed by atoms with van der Waals surface area (Å²) in [5, 5.41) is 19.8. The molecule has 4 saturated carbocycles. The lowest BCUT2D eigenvalue weighted by Crippen LogP contribution is -2.57. The third kappa shape index (κ3) is 4.15. The van der Waals surface area contributed by atoms with Crippen LogP contribution in [0.1, 0.15) is 78.1 Å². The van der Waals surface area contributed by atoms with E-state index in [1.165, 1.54) is 19.3 Å². The summed E-state index contributed by atoms with van der Waals surface area (Å²) in [7, 11) is 1.82. The highest BCUT2D eigenvalue weighted by Crippen LogP contribution is 2.69. The van der Waals surface area contributed by atoms with Crippen LogP contribution in [0, 0.1) is 40.4 Å². The molecule has 0 amide bonds. The Hall–Kier alpha value is -1.57. The van der Waals surface area contributed by atoms with Gasteiger partial charge in [-0.1, -0.05) is 23.7 Å². The van der Waals surface area contributed by atoms with Gasteiger partial charge in [0.1, 0.15) is 12.1 Å². The standard InChI is InChI=1S/C29H41ClN4O3/c1-27(36)10-11-29(12-13-37-3)18(15-27)4-5-20-21-6-7-23(28(21,2)9-8-22(20)29)25(35)17-34-24-14-19(30)16-31-26(24)32-33-34/h14,16,18,20-23,36H,4-13,15,17H2,1-3H3/t18-,20-,21-,22-,23+,27+,28-,29+/m0/s1. The van der Waals surface area contributed by atoms with E-state index in [9.17, 15) is 9.90 Å². The summed E-state index contributed by atoms with van der Waals surface area (Å²) in [6.07, 6.45) is 12.4. The Labute approximate surface area is 224 Å². The smallest absolute Gasteiger partial charge is 0.201 e. The molecule has 0 spiro atoms. The number of carbonyl (C=O) groups is 1. The van der Waals surface area contributed by atoms with Gasteiger partial charge in [-0.15, -0.1) is 5.10 Å². The molecule has 1 N–H and O–H groups in total. The average molecular weight is 529 g/mol. The topological polar surface area (TPSA) is 90.1 Å². The highest BCUT2D eigenvalue weighted by Gasteiger charge is 2.62. The predicted octanol–water partition coefficient (Wildman–Crippen LogP) is 5.48. The predicted molar refractivity (Wildman–Crippen MR) is 142 cm³/mol. The van der Waals surface area contributed by atoms with Crippen LogP contribution in [0.4, 0.5) is 0 Å². The van der Waals surface area contributed by atoms with Crippen LogP contribution in [0.5, 0.6) is 0 Å². The van der Waals surface area contributed by atoms with Gasteiger partial charge in [-0.2, -0.15) is 0 Å². The molecular formula is C29H41ClN4O3. The maximum Gasteiger partial charge on any atom is 0.201 e. The largest absolute Gasteiger partial charge is 0.390 e. The number of methoxy groups -OCH3 is 1. The van der Waals surface area contributed by atoms with Gasteiger partial charge < -0.3 is 9.84 Å². The zero-order chi connectivity index (χ0) is 26.0. The Kier molecular flexibility index (Phi) is 6.44. The molecule has 7 nitrogen and oxygen atoms in total. The van der Waals surface area contributed by atoms with E-state index in [0.29, 0.717) is 34.3 Å². The molecule has 4 aliphatic carbocycles. The van der Waals surface area contributed by atoms with Gasteiger partial charge >= 0.3 is 0 Å². The Morgan fingerprint density at radius 3 is 2.81 bits per heavy atom. The number of hydrogen-bond acceptors (Lipinski definition) is 6. The van der Waals surface area contributed by atoms with Gasteiger partial charge in [0.25, 0.3) is 0 Å². The van der Waals surface area contributed by atoms with Crippen LogP contribution in [0.3, 0.4) is 0 Å². The summed E-state index contributed by atoms with van der Waals surface area (Å²) in [5.74, 6) is 2.85. The van der Waals surface area contributed by atoms with Gasteiger partial charge in [0.15, 0.2) is 5.78 Å². The molecule has 0 unspecified atom stereocenters. The molecule has 8 heteroatoms. The molecular weight excluding hydrogens is 488 g/mol. The number of ether oxygens (including phenoxy) is 1. The number of hydrogen-bond donors (Lipinski definition) is 1. The molecule has 0 bridgehead atoms. The summed E-state index contributed by atoms with van der Waals surface area (Å²) in [6, 6.07) is 1.79. The molecule has 8 atom stereocenters. The lowest BCUT2D eigenvalue weighted by molar-refractivity contribution is -0.163. The zero-order valence-electron chi connectivity index (χ0n) is 22.5.